The first-order valence-corrected chi connectivity index (χ1v) is 9.60. The summed E-state index contributed by atoms with van der Waals surface area (Å²) in [5.74, 6) is 0. The number of rotatable bonds is 2. The molecule has 2 atom stereocenters. The number of aliphatic hydroxyl groups is 2. The summed E-state index contributed by atoms with van der Waals surface area (Å²) >= 11 is 13.8. The number of hydrogen-bond donors (Lipinski definition) is 2. The van der Waals surface area contributed by atoms with Gasteiger partial charge in [-0.05, 0) is 33.3 Å². The molecule has 2 unspecified atom stereocenters. The van der Waals surface area contributed by atoms with Crippen LogP contribution in [0.1, 0.15) is 26.7 Å². The number of allylic oxidation sites excluding steroid dienone is 4. The van der Waals surface area contributed by atoms with Crippen LogP contribution >= 0.6 is 63.7 Å². The SMILES string of the molecule is CC(C)(C1(O)C=C(Br)C=C(Br)C1)C1(O)C=C(Br)C=C(Br)C1. The monoisotopic (exact) mass is 544 g/mol. The van der Waals surface area contributed by atoms with Crippen LogP contribution in [0.4, 0.5) is 0 Å². The van der Waals surface area contributed by atoms with E-state index >= 15 is 0 Å². The van der Waals surface area contributed by atoms with Gasteiger partial charge in [-0.15, -0.1) is 0 Å². The summed E-state index contributed by atoms with van der Waals surface area (Å²) in [6.07, 6.45) is 8.20. The summed E-state index contributed by atoms with van der Waals surface area (Å²) in [6.45, 7) is 3.77. The first-order valence-electron chi connectivity index (χ1n) is 6.43. The average molecular weight is 548 g/mol. The van der Waals surface area contributed by atoms with Crippen molar-refractivity contribution in [1.29, 1.82) is 0 Å². The smallest absolute Gasteiger partial charge is 0.0968 e. The van der Waals surface area contributed by atoms with Crippen LogP contribution < -0.4 is 0 Å². The first-order chi connectivity index (χ1) is 9.49. The Morgan fingerprint density at radius 3 is 1.48 bits per heavy atom. The van der Waals surface area contributed by atoms with Crippen molar-refractivity contribution in [2.24, 2.45) is 5.41 Å². The normalized spacial score (nSPS) is 33.9. The first kappa shape index (κ1) is 18.1. The van der Waals surface area contributed by atoms with Crippen molar-refractivity contribution in [3.63, 3.8) is 0 Å². The molecule has 0 aromatic carbocycles. The topological polar surface area (TPSA) is 40.5 Å². The van der Waals surface area contributed by atoms with Crippen molar-refractivity contribution in [2.45, 2.75) is 37.9 Å². The Kier molecular flexibility index (Phi) is 5.20. The molecule has 0 amide bonds. The van der Waals surface area contributed by atoms with E-state index in [2.05, 4.69) is 63.7 Å². The molecule has 0 bridgehead atoms. The van der Waals surface area contributed by atoms with Gasteiger partial charge in [0.05, 0.1) is 11.2 Å². The predicted octanol–water partition coefficient (Wildman–Crippen LogP) is 5.40. The Bertz CT molecular complexity index is 538. The Balaban J connectivity index is 2.48. The van der Waals surface area contributed by atoms with E-state index in [1.54, 1.807) is 12.2 Å². The summed E-state index contributed by atoms with van der Waals surface area (Å²) < 4.78 is 3.38. The highest BCUT2D eigenvalue weighted by Crippen LogP contribution is 2.53. The second-order valence-corrected chi connectivity index (χ2v) is 9.94. The van der Waals surface area contributed by atoms with Gasteiger partial charge in [-0.3, -0.25) is 0 Å². The molecule has 6 heteroatoms. The molecule has 2 N–H and O–H groups in total. The van der Waals surface area contributed by atoms with Crippen LogP contribution in [-0.4, -0.2) is 21.4 Å². The molecule has 0 saturated heterocycles. The maximum atomic E-state index is 11.2. The van der Waals surface area contributed by atoms with Crippen LogP contribution in [0.25, 0.3) is 0 Å². The molecule has 0 spiro atoms. The fraction of sp³-hybridized carbons (Fsp3) is 0.467. The van der Waals surface area contributed by atoms with Crippen LogP contribution in [0, 0.1) is 5.41 Å². The van der Waals surface area contributed by atoms with Crippen molar-refractivity contribution in [3.05, 3.63) is 42.2 Å². The standard InChI is InChI=1S/C15H16Br4O2/c1-13(2,14(20)5-9(16)3-10(17)6-14)15(21)7-11(18)4-12(19)8-15/h3-5,7,20-21H,6,8H2,1-2H3. The molecule has 2 aliphatic carbocycles. The molecule has 0 aliphatic heterocycles. The maximum absolute atomic E-state index is 11.2. The van der Waals surface area contributed by atoms with E-state index < -0.39 is 16.6 Å². The summed E-state index contributed by atoms with van der Waals surface area (Å²) in [5.41, 5.74) is -3.16. The predicted molar refractivity (Wildman–Crippen MR) is 101 cm³/mol. The van der Waals surface area contributed by atoms with E-state index in [0.29, 0.717) is 12.8 Å². The zero-order valence-corrected chi connectivity index (χ0v) is 18.0. The lowest BCUT2D eigenvalue weighted by molar-refractivity contribution is -0.133. The van der Waals surface area contributed by atoms with Gasteiger partial charge < -0.3 is 10.2 Å². The summed E-state index contributed by atoms with van der Waals surface area (Å²) in [7, 11) is 0. The molecule has 0 aromatic heterocycles. The fourth-order valence-electron chi connectivity index (χ4n) is 2.74. The van der Waals surface area contributed by atoms with Crippen molar-refractivity contribution in [3.8, 4) is 0 Å². The zero-order chi connectivity index (χ0) is 16.1. The lowest BCUT2D eigenvalue weighted by Crippen LogP contribution is -2.58. The van der Waals surface area contributed by atoms with Crippen molar-refractivity contribution in [1.82, 2.24) is 0 Å². The lowest BCUT2D eigenvalue weighted by atomic mass is 9.60. The van der Waals surface area contributed by atoms with Gasteiger partial charge in [-0.2, -0.15) is 0 Å². The van der Waals surface area contributed by atoms with Gasteiger partial charge in [0.15, 0.2) is 0 Å². The highest BCUT2D eigenvalue weighted by Gasteiger charge is 2.55. The molecule has 0 heterocycles. The third-order valence-corrected chi connectivity index (χ3v) is 6.32. The second-order valence-electron chi connectivity index (χ2n) is 6.07. The summed E-state index contributed by atoms with van der Waals surface area (Å²) in [4.78, 5) is 0. The van der Waals surface area contributed by atoms with Crippen LogP contribution in [0.3, 0.4) is 0 Å². The minimum Gasteiger partial charge on any atom is -0.385 e. The van der Waals surface area contributed by atoms with E-state index in [0.717, 1.165) is 17.9 Å². The largest absolute Gasteiger partial charge is 0.385 e. The number of halogens is 4. The summed E-state index contributed by atoms with van der Waals surface area (Å²) in [6, 6.07) is 0. The molecule has 0 radical (unpaired) electrons. The molecule has 0 aromatic rings. The van der Waals surface area contributed by atoms with Crippen LogP contribution in [0.15, 0.2) is 42.2 Å². The van der Waals surface area contributed by atoms with Crippen LogP contribution in [0.5, 0.6) is 0 Å². The van der Waals surface area contributed by atoms with Gasteiger partial charge >= 0.3 is 0 Å². The maximum Gasteiger partial charge on any atom is 0.0968 e. The zero-order valence-electron chi connectivity index (χ0n) is 11.6. The third kappa shape index (κ3) is 3.36. The Hall–Kier alpha value is 0.800. The van der Waals surface area contributed by atoms with Gasteiger partial charge in [0.1, 0.15) is 0 Å². The van der Waals surface area contributed by atoms with E-state index in [9.17, 15) is 10.2 Å². The highest BCUT2D eigenvalue weighted by molar-refractivity contribution is 9.12. The van der Waals surface area contributed by atoms with E-state index in [1.165, 1.54) is 0 Å². The van der Waals surface area contributed by atoms with E-state index in [1.807, 2.05) is 26.0 Å². The van der Waals surface area contributed by atoms with Gasteiger partial charge in [-0.1, -0.05) is 77.6 Å². The molecular formula is C15H16Br4O2. The third-order valence-electron chi connectivity index (χ3n) is 4.38. The van der Waals surface area contributed by atoms with Gasteiger partial charge in [0, 0.05) is 27.2 Å². The molecule has 2 aliphatic rings. The minimum atomic E-state index is -1.18. The second kappa shape index (κ2) is 6.02. The van der Waals surface area contributed by atoms with E-state index in [4.69, 9.17) is 0 Å². The molecular weight excluding hydrogens is 532 g/mol. The van der Waals surface area contributed by atoms with Gasteiger partial charge in [0.25, 0.3) is 0 Å². The Labute approximate surface area is 158 Å². The van der Waals surface area contributed by atoms with Crippen molar-refractivity contribution < 1.29 is 10.2 Å². The van der Waals surface area contributed by atoms with E-state index in [-0.39, 0.29) is 0 Å². The molecule has 21 heavy (non-hydrogen) atoms. The van der Waals surface area contributed by atoms with Gasteiger partial charge in [0.2, 0.25) is 0 Å². The minimum absolute atomic E-state index is 0.421. The fourth-order valence-corrected chi connectivity index (χ4v) is 6.01. The average Bonchev–Trinajstić information content (AvgIpc) is 2.24. The molecule has 116 valence electrons. The number of hydrogen-bond acceptors (Lipinski definition) is 2. The van der Waals surface area contributed by atoms with Crippen LogP contribution in [0.2, 0.25) is 0 Å². The highest BCUT2D eigenvalue weighted by atomic mass is 79.9. The summed E-state index contributed by atoms with van der Waals surface area (Å²) in [5, 5.41) is 22.4. The van der Waals surface area contributed by atoms with Crippen LogP contribution in [-0.2, 0) is 0 Å². The molecule has 2 nitrogen and oxygen atoms in total. The van der Waals surface area contributed by atoms with Crippen molar-refractivity contribution >= 4 is 63.7 Å². The Morgan fingerprint density at radius 1 is 0.857 bits per heavy atom. The molecule has 0 saturated carbocycles. The Morgan fingerprint density at radius 2 is 1.19 bits per heavy atom. The van der Waals surface area contributed by atoms with Crippen molar-refractivity contribution in [2.75, 3.05) is 0 Å². The van der Waals surface area contributed by atoms with Gasteiger partial charge in [-0.25, -0.2) is 0 Å². The quantitative estimate of drug-likeness (QED) is 0.486. The molecule has 2 rings (SSSR count). The lowest BCUT2D eigenvalue weighted by Gasteiger charge is -2.51. The molecule has 0 fully saturated rings.